The number of amides is 1. The van der Waals surface area contributed by atoms with Gasteiger partial charge in [0, 0.05) is 50.8 Å². The van der Waals surface area contributed by atoms with Crippen LogP contribution in [0.4, 0.5) is 11.4 Å². The van der Waals surface area contributed by atoms with Crippen LogP contribution in [0.1, 0.15) is 42.1 Å². The summed E-state index contributed by atoms with van der Waals surface area (Å²) in [6.45, 7) is 4.10. The molecule has 2 aliphatic heterocycles. The van der Waals surface area contributed by atoms with Crippen molar-refractivity contribution < 1.29 is 14.3 Å². The summed E-state index contributed by atoms with van der Waals surface area (Å²) in [7, 11) is 0. The molecule has 0 bridgehead atoms. The number of piperidine rings is 1. The number of fused-ring (bicyclic) bond motifs is 1. The minimum atomic E-state index is -0.419. The number of nitrogens with zero attached hydrogens (tertiary/aromatic N) is 1. The first-order chi connectivity index (χ1) is 13.4. The zero-order chi connectivity index (χ0) is 19.7. The first-order valence-corrected chi connectivity index (χ1v) is 9.63. The van der Waals surface area contributed by atoms with Crippen molar-refractivity contribution >= 4 is 23.1 Å². The van der Waals surface area contributed by atoms with Gasteiger partial charge in [-0.25, -0.2) is 0 Å². The number of ether oxygens (including phenoxy) is 1. The van der Waals surface area contributed by atoms with Gasteiger partial charge in [-0.05, 0) is 35.9 Å². The molecule has 0 radical (unpaired) electrons. The standard InChI is InChI=1S/C22H25N3O3/c1-15(26)24-18-6-7-21-19(12-18)20(27)13-22(28-21)8-10-25(11-9-22)14-16-2-4-17(23)5-3-16/h2-7,12H,8-11,13-14,23H2,1H3,(H,24,26). The Labute approximate surface area is 164 Å². The number of carbonyl (C=O) groups is 2. The first kappa shape index (κ1) is 18.5. The lowest BCUT2D eigenvalue weighted by molar-refractivity contribution is -0.114. The van der Waals surface area contributed by atoms with Crippen LogP contribution in [0, 0.1) is 0 Å². The van der Waals surface area contributed by atoms with Crippen LogP contribution >= 0.6 is 0 Å². The number of hydrogen-bond acceptors (Lipinski definition) is 5. The van der Waals surface area contributed by atoms with E-state index < -0.39 is 5.60 Å². The zero-order valence-corrected chi connectivity index (χ0v) is 16.0. The number of hydrogen-bond donors (Lipinski definition) is 2. The number of nitrogens with one attached hydrogen (secondary N) is 1. The fourth-order valence-corrected chi connectivity index (χ4v) is 4.05. The summed E-state index contributed by atoms with van der Waals surface area (Å²) in [4.78, 5) is 26.4. The van der Waals surface area contributed by atoms with Gasteiger partial charge in [0.2, 0.25) is 5.91 Å². The van der Waals surface area contributed by atoms with E-state index in [1.807, 2.05) is 12.1 Å². The Balaban J connectivity index is 1.43. The molecule has 1 fully saturated rings. The number of carbonyl (C=O) groups excluding carboxylic acids is 2. The fourth-order valence-electron chi connectivity index (χ4n) is 4.05. The minimum Gasteiger partial charge on any atom is -0.486 e. The van der Waals surface area contributed by atoms with E-state index in [2.05, 4.69) is 22.3 Å². The molecule has 0 atom stereocenters. The predicted molar refractivity (Wildman–Crippen MR) is 108 cm³/mol. The van der Waals surface area contributed by atoms with Gasteiger partial charge in [-0.3, -0.25) is 14.5 Å². The quantitative estimate of drug-likeness (QED) is 0.800. The summed E-state index contributed by atoms with van der Waals surface area (Å²) in [5, 5.41) is 2.72. The van der Waals surface area contributed by atoms with Crippen molar-refractivity contribution in [1.82, 2.24) is 4.90 Å². The fraction of sp³-hybridized carbons (Fsp3) is 0.364. The summed E-state index contributed by atoms with van der Waals surface area (Å²) in [5.41, 5.74) is 8.53. The maximum absolute atomic E-state index is 12.8. The third kappa shape index (κ3) is 3.87. The average molecular weight is 379 g/mol. The highest BCUT2D eigenvalue weighted by molar-refractivity contribution is 6.02. The lowest BCUT2D eigenvalue weighted by Crippen LogP contribution is -2.50. The Kier molecular flexibility index (Phi) is 4.81. The average Bonchev–Trinajstić information content (AvgIpc) is 2.66. The summed E-state index contributed by atoms with van der Waals surface area (Å²) in [6.07, 6.45) is 2.03. The molecular weight excluding hydrogens is 354 g/mol. The first-order valence-electron chi connectivity index (χ1n) is 9.63. The topological polar surface area (TPSA) is 84.7 Å². The van der Waals surface area contributed by atoms with Crippen LogP contribution in [-0.4, -0.2) is 35.3 Å². The zero-order valence-electron chi connectivity index (χ0n) is 16.0. The predicted octanol–water partition coefficient (Wildman–Crippen LogP) is 3.23. The number of nitrogens with two attached hydrogens (primary N) is 1. The molecule has 0 aromatic heterocycles. The third-order valence-corrected chi connectivity index (χ3v) is 5.56. The molecule has 0 unspecified atom stereocenters. The van der Waals surface area contributed by atoms with E-state index in [-0.39, 0.29) is 11.7 Å². The molecule has 28 heavy (non-hydrogen) atoms. The van der Waals surface area contributed by atoms with Gasteiger partial charge in [-0.1, -0.05) is 12.1 Å². The second-order valence-electron chi connectivity index (χ2n) is 7.79. The molecule has 3 N–H and O–H groups in total. The van der Waals surface area contributed by atoms with E-state index in [4.69, 9.17) is 10.5 Å². The summed E-state index contributed by atoms with van der Waals surface area (Å²) in [5.74, 6) is 0.548. The van der Waals surface area contributed by atoms with Crippen molar-refractivity contribution in [1.29, 1.82) is 0 Å². The van der Waals surface area contributed by atoms with Gasteiger partial charge in [-0.2, -0.15) is 0 Å². The smallest absolute Gasteiger partial charge is 0.221 e. The molecule has 1 saturated heterocycles. The van der Waals surface area contributed by atoms with E-state index >= 15 is 0 Å². The van der Waals surface area contributed by atoms with Gasteiger partial charge in [0.05, 0.1) is 12.0 Å². The van der Waals surface area contributed by atoms with Crippen LogP contribution in [0.3, 0.4) is 0 Å². The lowest BCUT2D eigenvalue weighted by Gasteiger charge is -2.44. The minimum absolute atomic E-state index is 0.0837. The number of benzene rings is 2. The Morgan fingerprint density at radius 1 is 1.18 bits per heavy atom. The van der Waals surface area contributed by atoms with Crippen LogP contribution in [0.25, 0.3) is 0 Å². The number of ketones is 1. The van der Waals surface area contributed by atoms with Crippen molar-refractivity contribution in [2.24, 2.45) is 0 Å². The molecule has 1 spiro atoms. The Bertz CT molecular complexity index is 900. The van der Waals surface area contributed by atoms with E-state index in [0.717, 1.165) is 38.2 Å². The molecule has 1 amide bonds. The maximum atomic E-state index is 12.8. The van der Waals surface area contributed by atoms with E-state index in [1.54, 1.807) is 18.2 Å². The number of anilines is 2. The maximum Gasteiger partial charge on any atom is 0.221 e. The van der Waals surface area contributed by atoms with Gasteiger partial charge < -0.3 is 15.8 Å². The second kappa shape index (κ2) is 7.28. The monoisotopic (exact) mass is 379 g/mol. The van der Waals surface area contributed by atoms with Gasteiger partial charge >= 0.3 is 0 Å². The number of nitrogen functional groups attached to an aromatic ring is 1. The van der Waals surface area contributed by atoms with Crippen LogP contribution in [0.15, 0.2) is 42.5 Å². The van der Waals surface area contributed by atoms with Crippen LogP contribution < -0.4 is 15.8 Å². The summed E-state index contributed by atoms with van der Waals surface area (Å²) < 4.78 is 6.33. The normalized spacial score (nSPS) is 18.4. The van der Waals surface area contributed by atoms with Crippen molar-refractivity contribution in [3.63, 3.8) is 0 Å². The SMILES string of the molecule is CC(=O)Nc1ccc2c(c1)C(=O)CC1(CCN(Cc3ccc(N)cc3)CC1)O2. The summed E-state index contributed by atoms with van der Waals surface area (Å²) in [6, 6.07) is 13.3. The molecular formula is C22H25N3O3. The Morgan fingerprint density at radius 3 is 2.57 bits per heavy atom. The Hall–Kier alpha value is -2.86. The number of likely N-dealkylation sites (tertiary alicyclic amines) is 1. The highest BCUT2D eigenvalue weighted by atomic mass is 16.5. The van der Waals surface area contributed by atoms with Gasteiger partial charge in [0.25, 0.3) is 0 Å². The molecule has 6 nitrogen and oxygen atoms in total. The molecule has 6 heteroatoms. The second-order valence-corrected chi connectivity index (χ2v) is 7.79. The molecule has 2 aromatic carbocycles. The highest BCUT2D eigenvalue weighted by Gasteiger charge is 2.42. The van der Waals surface area contributed by atoms with Gasteiger partial charge in [0.1, 0.15) is 11.4 Å². The molecule has 2 aromatic rings. The third-order valence-electron chi connectivity index (χ3n) is 5.56. The Morgan fingerprint density at radius 2 is 1.89 bits per heavy atom. The molecule has 146 valence electrons. The highest BCUT2D eigenvalue weighted by Crippen LogP contribution is 2.40. The van der Waals surface area contributed by atoms with Crippen molar-refractivity contribution in [3.8, 4) is 5.75 Å². The van der Waals surface area contributed by atoms with Crippen molar-refractivity contribution in [3.05, 3.63) is 53.6 Å². The molecule has 2 aliphatic rings. The largest absolute Gasteiger partial charge is 0.486 e. The lowest BCUT2D eigenvalue weighted by atomic mass is 9.82. The molecule has 4 rings (SSSR count). The van der Waals surface area contributed by atoms with Gasteiger partial charge in [-0.15, -0.1) is 0 Å². The molecule has 0 saturated carbocycles. The van der Waals surface area contributed by atoms with Crippen LogP contribution in [0.5, 0.6) is 5.75 Å². The molecule has 2 heterocycles. The molecule has 0 aliphatic carbocycles. The van der Waals surface area contributed by atoms with Crippen LogP contribution in [0.2, 0.25) is 0 Å². The van der Waals surface area contributed by atoms with E-state index in [9.17, 15) is 9.59 Å². The van der Waals surface area contributed by atoms with Crippen molar-refractivity contribution in [2.75, 3.05) is 24.1 Å². The van der Waals surface area contributed by atoms with Gasteiger partial charge in [0.15, 0.2) is 5.78 Å². The van der Waals surface area contributed by atoms with E-state index in [1.165, 1.54) is 12.5 Å². The van der Waals surface area contributed by atoms with Crippen molar-refractivity contribution in [2.45, 2.75) is 38.3 Å². The van der Waals surface area contributed by atoms with Crippen LogP contribution in [-0.2, 0) is 11.3 Å². The van der Waals surface area contributed by atoms with E-state index in [0.29, 0.717) is 23.4 Å². The summed E-state index contributed by atoms with van der Waals surface area (Å²) >= 11 is 0. The number of Topliss-reactive ketones (excluding diaryl/α,β-unsaturated/α-hetero) is 1. The number of rotatable bonds is 3.